The van der Waals surface area contributed by atoms with Crippen LogP contribution in [0.4, 0.5) is 0 Å². The summed E-state index contributed by atoms with van der Waals surface area (Å²) >= 11 is 3.50. The van der Waals surface area contributed by atoms with Gasteiger partial charge in [-0.1, -0.05) is 58.7 Å². The van der Waals surface area contributed by atoms with Gasteiger partial charge < -0.3 is 10.5 Å². The van der Waals surface area contributed by atoms with Crippen molar-refractivity contribution in [2.75, 3.05) is 0 Å². The van der Waals surface area contributed by atoms with Gasteiger partial charge in [0.1, 0.15) is 11.9 Å². The summed E-state index contributed by atoms with van der Waals surface area (Å²) in [6.07, 6.45) is 0.731. The Morgan fingerprint density at radius 3 is 2.57 bits per heavy atom. The molecule has 0 fully saturated rings. The molecule has 2 N–H and O–H groups in total. The fourth-order valence-corrected chi connectivity index (χ4v) is 2.64. The summed E-state index contributed by atoms with van der Waals surface area (Å²) in [7, 11) is 0. The van der Waals surface area contributed by atoms with Gasteiger partial charge in [-0.05, 0) is 43.5 Å². The van der Waals surface area contributed by atoms with Gasteiger partial charge in [0.05, 0.1) is 0 Å². The van der Waals surface area contributed by atoms with E-state index in [1.54, 1.807) is 0 Å². The Morgan fingerprint density at radius 2 is 1.90 bits per heavy atom. The van der Waals surface area contributed by atoms with E-state index in [9.17, 15) is 0 Å². The number of rotatable bonds is 5. The zero-order chi connectivity index (χ0) is 15.4. The van der Waals surface area contributed by atoms with Crippen LogP contribution in [0.3, 0.4) is 0 Å². The fourth-order valence-electron chi connectivity index (χ4n) is 2.30. The minimum absolute atomic E-state index is 0.0369. The van der Waals surface area contributed by atoms with Gasteiger partial charge >= 0.3 is 0 Å². The van der Waals surface area contributed by atoms with Crippen LogP contribution >= 0.6 is 15.9 Å². The SMILES string of the molecule is CCC(N)C(Oc1cc(Br)ccc1C)c1cccc(C)c1. The summed E-state index contributed by atoms with van der Waals surface area (Å²) in [6.45, 7) is 6.22. The highest BCUT2D eigenvalue weighted by Crippen LogP contribution is 2.30. The predicted octanol–water partition coefficient (Wildman–Crippen LogP) is 4.92. The molecule has 0 heterocycles. The molecular formula is C18H22BrNO. The van der Waals surface area contributed by atoms with Crippen molar-refractivity contribution in [1.29, 1.82) is 0 Å². The lowest BCUT2D eigenvalue weighted by Gasteiger charge is -2.26. The maximum Gasteiger partial charge on any atom is 0.139 e. The van der Waals surface area contributed by atoms with Gasteiger partial charge in [-0.2, -0.15) is 0 Å². The highest BCUT2D eigenvalue weighted by molar-refractivity contribution is 9.10. The van der Waals surface area contributed by atoms with E-state index < -0.39 is 0 Å². The van der Waals surface area contributed by atoms with Gasteiger partial charge in [-0.25, -0.2) is 0 Å². The minimum Gasteiger partial charge on any atom is -0.484 e. The van der Waals surface area contributed by atoms with Crippen LogP contribution in [0.5, 0.6) is 5.75 Å². The summed E-state index contributed by atoms with van der Waals surface area (Å²) in [5.74, 6) is 0.875. The summed E-state index contributed by atoms with van der Waals surface area (Å²) in [4.78, 5) is 0. The fraction of sp³-hybridized carbons (Fsp3) is 0.333. The van der Waals surface area contributed by atoms with E-state index in [4.69, 9.17) is 10.5 Å². The number of benzene rings is 2. The lowest BCUT2D eigenvalue weighted by atomic mass is 9.99. The molecule has 112 valence electrons. The van der Waals surface area contributed by atoms with Crippen molar-refractivity contribution in [2.24, 2.45) is 5.73 Å². The molecule has 0 spiro atoms. The van der Waals surface area contributed by atoms with Crippen molar-refractivity contribution in [1.82, 2.24) is 0 Å². The molecule has 21 heavy (non-hydrogen) atoms. The standard InChI is InChI=1S/C18H22BrNO/c1-4-16(20)18(14-7-5-6-12(2)10-14)21-17-11-15(19)9-8-13(17)3/h5-11,16,18H,4,20H2,1-3H3. The third kappa shape index (κ3) is 4.08. The third-order valence-corrected chi connectivity index (χ3v) is 4.13. The normalized spacial score (nSPS) is 13.8. The summed E-state index contributed by atoms with van der Waals surface area (Å²) in [6, 6.07) is 14.4. The van der Waals surface area contributed by atoms with Crippen molar-refractivity contribution < 1.29 is 4.74 Å². The minimum atomic E-state index is -0.136. The molecule has 0 aromatic heterocycles. The first-order valence-corrected chi connectivity index (χ1v) is 8.05. The average molecular weight is 348 g/mol. The molecule has 2 aromatic carbocycles. The molecule has 0 saturated carbocycles. The number of aryl methyl sites for hydroxylation is 2. The van der Waals surface area contributed by atoms with E-state index in [2.05, 4.69) is 54.0 Å². The molecular weight excluding hydrogens is 326 g/mol. The Labute approximate surface area is 135 Å². The first-order valence-electron chi connectivity index (χ1n) is 7.26. The van der Waals surface area contributed by atoms with Gasteiger partial charge in [0.2, 0.25) is 0 Å². The molecule has 0 aliphatic carbocycles. The quantitative estimate of drug-likeness (QED) is 0.832. The number of nitrogens with two attached hydrogens (primary N) is 1. The summed E-state index contributed by atoms with van der Waals surface area (Å²) in [5.41, 5.74) is 9.76. The van der Waals surface area contributed by atoms with Crippen LogP contribution in [0.1, 0.15) is 36.1 Å². The smallest absolute Gasteiger partial charge is 0.139 e. The lowest BCUT2D eigenvalue weighted by Crippen LogP contribution is -2.31. The van der Waals surface area contributed by atoms with Gasteiger partial charge in [-0.3, -0.25) is 0 Å². The topological polar surface area (TPSA) is 35.2 Å². The van der Waals surface area contributed by atoms with Crippen molar-refractivity contribution >= 4 is 15.9 Å². The molecule has 0 aliphatic rings. The second-order valence-electron chi connectivity index (χ2n) is 5.43. The molecule has 2 aromatic rings. The van der Waals surface area contributed by atoms with Crippen LogP contribution in [0.15, 0.2) is 46.9 Å². The van der Waals surface area contributed by atoms with E-state index in [1.807, 2.05) is 25.1 Å². The molecule has 0 saturated heterocycles. The van der Waals surface area contributed by atoms with Crippen molar-refractivity contribution in [3.63, 3.8) is 0 Å². The van der Waals surface area contributed by atoms with E-state index in [0.29, 0.717) is 0 Å². The maximum atomic E-state index is 6.30. The van der Waals surface area contributed by atoms with Crippen molar-refractivity contribution in [3.05, 3.63) is 63.6 Å². The van der Waals surface area contributed by atoms with Gasteiger partial charge in [0.15, 0.2) is 0 Å². The van der Waals surface area contributed by atoms with Gasteiger partial charge in [0, 0.05) is 10.5 Å². The molecule has 0 amide bonds. The second kappa shape index (κ2) is 7.10. The van der Waals surface area contributed by atoms with E-state index in [1.165, 1.54) is 5.56 Å². The lowest BCUT2D eigenvalue weighted by molar-refractivity contribution is 0.169. The Morgan fingerprint density at radius 1 is 1.14 bits per heavy atom. The number of ether oxygens (including phenoxy) is 1. The average Bonchev–Trinajstić information content (AvgIpc) is 2.47. The molecule has 0 radical (unpaired) electrons. The third-order valence-electron chi connectivity index (χ3n) is 3.64. The van der Waals surface area contributed by atoms with Crippen molar-refractivity contribution in [3.8, 4) is 5.75 Å². The first kappa shape index (κ1) is 16.1. The predicted molar refractivity (Wildman–Crippen MR) is 91.7 cm³/mol. The van der Waals surface area contributed by atoms with Gasteiger partial charge in [0.25, 0.3) is 0 Å². The summed E-state index contributed by atoms with van der Waals surface area (Å²) < 4.78 is 7.28. The van der Waals surface area contributed by atoms with Crippen molar-refractivity contribution in [2.45, 2.75) is 39.3 Å². The summed E-state index contributed by atoms with van der Waals surface area (Å²) in [5, 5.41) is 0. The molecule has 0 bridgehead atoms. The Kier molecular flexibility index (Phi) is 5.43. The van der Waals surface area contributed by atoms with Crippen LogP contribution in [-0.2, 0) is 0 Å². The zero-order valence-corrected chi connectivity index (χ0v) is 14.4. The van der Waals surface area contributed by atoms with Gasteiger partial charge in [-0.15, -0.1) is 0 Å². The second-order valence-corrected chi connectivity index (χ2v) is 6.35. The van der Waals surface area contributed by atoms with Crippen LogP contribution in [-0.4, -0.2) is 6.04 Å². The maximum absolute atomic E-state index is 6.30. The Balaban J connectivity index is 2.35. The number of hydrogen-bond donors (Lipinski definition) is 1. The largest absolute Gasteiger partial charge is 0.484 e. The van der Waals surface area contributed by atoms with Crippen LogP contribution in [0.25, 0.3) is 0 Å². The van der Waals surface area contributed by atoms with E-state index >= 15 is 0 Å². The highest BCUT2D eigenvalue weighted by atomic mass is 79.9. The molecule has 3 heteroatoms. The number of hydrogen-bond acceptors (Lipinski definition) is 2. The van der Waals surface area contributed by atoms with Crippen LogP contribution in [0.2, 0.25) is 0 Å². The Bertz CT molecular complexity index is 612. The van der Waals surface area contributed by atoms with Crippen LogP contribution < -0.4 is 10.5 Å². The van der Waals surface area contributed by atoms with Crippen LogP contribution in [0, 0.1) is 13.8 Å². The molecule has 0 aliphatic heterocycles. The number of halogens is 1. The Hall–Kier alpha value is -1.32. The monoisotopic (exact) mass is 347 g/mol. The van der Waals surface area contributed by atoms with E-state index in [-0.39, 0.29) is 12.1 Å². The zero-order valence-electron chi connectivity index (χ0n) is 12.8. The molecule has 2 rings (SSSR count). The van der Waals surface area contributed by atoms with E-state index in [0.717, 1.165) is 27.8 Å². The molecule has 2 unspecified atom stereocenters. The highest BCUT2D eigenvalue weighted by Gasteiger charge is 2.21. The first-order chi connectivity index (χ1) is 10.0. The molecule has 2 nitrogen and oxygen atoms in total. The molecule has 2 atom stereocenters.